The van der Waals surface area contributed by atoms with E-state index >= 15 is 0 Å². The van der Waals surface area contributed by atoms with Gasteiger partial charge in [-0.2, -0.15) is 0 Å². The van der Waals surface area contributed by atoms with Crippen LogP contribution in [0.5, 0.6) is 0 Å². The van der Waals surface area contributed by atoms with Crippen LogP contribution >= 0.6 is 0 Å². The fourth-order valence-electron chi connectivity index (χ4n) is 3.41. The van der Waals surface area contributed by atoms with Crippen molar-refractivity contribution in [3.05, 3.63) is 36.0 Å². The first-order valence-electron chi connectivity index (χ1n) is 7.20. The van der Waals surface area contributed by atoms with E-state index in [1.54, 1.807) is 0 Å². The van der Waals surface area contributed by atoms with Crippen molar-refractivity contribution in [2.75, 3.05) is 6.54 Å². The third-order valence-electron chi connectivity index (χ3n) is 5.62. The van der Waals surface area contributed by atoms with Crippen molar-refractivity contribution >= 4 is 16.8 Å². The van der Waals surface area contributed by atoms with E-state index < -0.39 is 0 Å². The summed E-state index contributed by atoms with van der Waals surface area (Å²) in [5.74, 6) is 0.554. The zero-order valence-corrected chi connectivity index (χ0v) is 12.6. The zero-order valence-electron chi connectivity index (χ0n) is 12.6. The predicted molar refractivity (Wildman–Crippen MR) is 81.7 cm³/mol. The molecule has 1 aromatic heterocycles. The molecular weight excluding hydrogens is 248 g/mol. The Morgan fingerprint density at radius 1 is 1.20 bits per heavy atom. The summed E-state index contributed by atoms with van der Waals surface area (Å²) >= 11 is 0. The number of fused-ring (bicyclic) bond motifs is 1. The van der Waals surface area contributed by atoms with Crippen LogP contribution in [-0.4, -0.2) is 17.4 Å². The highest BCUT2D eigenvalue weighted by Gasteiger charge is 2.64. The van der Waals surface area contributed by atoms with Crippen molar-refractivity contribution in [1.82, 2.24) is 10.3 Å². The lowest BCUT2D eigenvalue weighted by Crippen LogP contribution is -2.27. The molecular formula is C17H22N2O. The number of nitrogens with one attached hydrogen (secondary N) is 2. The SMILES string of the molecule is CC1(C)C(CNC(=O)c2cccc3cc[nH]c23)C1(C)C. The van der Waals surface area contributed by atoms with Gasteiger partial charge in [0.2, 0.25) is 0 Å². The minimum atomic E-state index is 0.0107. The molecule has 20 heavy (non-hydrogen) atoms. The van der Waals surface area contributed by atoms with Crippen molar-refractivity contribution in [2.24, 2.45) is 16.7 Å². The molecule has 3 rings (SSSR count). The third-order valence-corrected chi connectivity index (χ3v) is 5.62. The monoisotopic (exact) mass is 270 g/mol. The van der Waals surface area contributed by atoms with E-state index in [0.717, 1.165) is 23.0 Å². The number of rotatable bonds is 3. The number of carbonyl (C=O) groups is 1. The third kappa shape index (κ3) is 1.76. The van der Waals surface area contributed by atoms with Gasteiger partial charge in [0.25, 0.3) is 5.91 Å². The van der Waals surface area contributed by atoms with E-state index in [2.05, 4.69) is 38.0 Å². The maximum absolute atomic E-state index is 12.4. The molecule has 3 heteroatoms. The van der Waals surface area contributed by atoms with Gasteiger partial charge in [-0.1, -0.05) is 39.8 Å². The number of amides is 1. The van der Waals surface area contributed by atoms with Crippen molar-refractivity contribution < 1.29 is 4.79 Å². The lowest BCUT2D eigenvalue weighted by atomic mass is 10.0. The molecule has 0 saturated heterocycles. The Morgan fingerprint density at radius 3 is 2.55 bits per heavy atom. The van der Waals surface area contributed by atoms with Gasteiger partial charge in [-0.05, 0) is 28.9 Å². The highest BCUT2D eigenvalue weighted by Crippen LogP contribution is 2.67. The van der Waals surface area contributed by atoms with Crippen LogP contribution in [0.15, 0.2) is 30.5 Å². The second-order valence-corrected chi connectivity index (χ2v) is 6.95. The molecule has 1 amide bonds. The Morgan fingerprint density at radius 2 is 1.90 bits per heavy atom. The van der Waals surface area contributed by atoms with E-state index in [0.29, 0.717) is 16.7 Å². The number of hydrogen-bond donors (Lipinski definition) is 2. The second-order valence-electron chi connectivity index (χ2n) is 6.95. The van der Waals surface area contributed by atoms with Crippen LogP contribution in [-0.2, 0) is 0 Å². The van der Waals surface area contributed by atoms with E-state index in [1.807, 2.05) is 30.5 Å². The van der Waals surface area contributed by atoms with Gasteiger partial charge in [0.15, 0.2) is 0 Å². The average Bonchev–Trinajstić information content (AvgIpc) is 2.76. The van der Waals surface area contributed by atoms with E-state index in [9.17, 15) is 4.79 Å². The van der Waals surface area contributed by atoms with Crippen LogP contribution in [0.25, 0.3) is 10.9 Å². The minimum Gasteiger partial charge on any atom is -0.361 e. The molecule has 2 N–H and O–H groups in total. The molecule has 0 atom stereocenters. The molecule has 1 aromatic carbocycles. The Hall–Kier alpha value is -1.77. The number of carbonyl (C=O) groups excluding carboxylic acids is 1. The fraction of sp³-hybridized carbons (Fsp3) is 0.471. The summed E-state index contributed by atoms with van der Waals surface area (Å²) in [5.41, 5.74) is 2.25. The molecule has 106 valence electrons. The zero-order chi connectivity index (χ0) is 14.5. The fourth-order valence-corrected chi connectivity index (χ4v) is 3.41. The Bertz CT molecular complexity index is 652. The summed E-state index contributed by atoms with van der Waals surface area (Å²) in [6, 6.07) is 7.79. The number of benzene rings is 1. The normalized spacial score (nSPS) is 20.0. The summed E-state index contributed by atoms with van der Waals surface area (Å²) in [7, 11) is 0. The van der Waals surface area contributed by atoms with Gasteiger partial charge in [-0.25, -0.2) is 0 Å². The Kier molecular flexibility index (Phi) is 2.72. The van der Waals surface area contributed by atoms with Crippen molar-refractivity contribution in [3.63, 3.8) is 0 Å². The van der Waals surface area contributed by atoms with E-state index in [4.69, 9.17) is 0 Å². The predicted octanol–water partition coefficient (Wildman–Crippen LogP) is 3.58. The summed E-state index contributed by atoms with van der Waals surface area (Å²) in [5, 5.41) is 4.17. The summed E-state index contributed by atoms with van der Waals surface area (Å²) in [6.07, 6.45) is 1.87. The molecule has 1 aliphatic rings. The number of para-hydroxylation sites is 1. The first kappa shape index (κ1) is 13.2. The molecule has 0 aliphatic heterocycles. The molecule has 1 saturated carbocycles. The number of H-pyrrole nitrogens is 1. The van der Waals surface area contributed by atoms with Gasteiger partial charge in [-0.15, -0.1) is 0 Å². The lowest BCUT2D eigenvalue weighted by Gasteiger charge is -2.07. The molecule has 0 spiro atoms. The lowest BCUT2D eigenvalue weighted by molar-refractivity contribution is 0.0951. The number of hydrogen-bond acceptors (Lipinski definition) is 1. The van der Waals surface area contributed by atoms with Gasteiger partial charge < -0.3 is 10.3 Å². The van der Waals surface area contributed by atoms with Crippen LogP contribution < -0.4 is 5.32 Å². The van der Waals surface area contributed by atoms with Gasteiger partial charge >= 0.3 is 0 Å². The second kappa shape index (κ2) is 4.11. The quantitative estimate of drug-likeness (QED) is 0.879. The summed E-state index contributed by atoms with van der Waals surface area (Å²) in [6.45, 7) is 9.84. The standard InChI is InChI=1S/C17H22N2O/c1-16(2)13(17(16,3)4)10-19-15(20)12-7-5-6-11-8-9-18-14(11)12/h5-9,13,18H,10H2,1-4H3,(H,19,20). The molecule has 1 fully saturated rings. The first-order chi connectivity index (χ1) is 9.35. The Balaban J connectivity index is 1.74. The van der Waals surface area contributed by atoms with Crippen molar-refractivity contribution in [1.29, 1.82) is 0 Å². The van der Waals surface area contributed by atoms with E-state index in [1.165, 1.54) is 0 Å². The number of aromatic nitrogens is 1. The van der Waals surface area contributed by atoms with Gasteiger partial charge in [-0.3, -0.25) is 4.79 Å². The molecule has 0 radical (unpaired) electrons. The van der Waals surface area contributed by atoms with Crippen molar-refractivity contribution in [3.8, 4) is 0 Å². The summed E-state index contributed by atoms with van der Waals surface area (Å²) in [4.78, 5) is 15.5. The van der Waals surface area contributed by atoms with Crippen LogP contribution in [0.4, 0.5) is 0 Å². The smallest absolute Gasteiger partial charge is 0.253 e. The van der Waals surface area contributed by atoms with Gasteiger partial charge in [0.05, 0.1) is 11.1 Å². The topological polar surface area (TPSA) is 44.9 Å². The highest BCUT2D eigenvalue weighted by atomic mass is 16.1. The molecule has 1 aliphatic carbocycles. The maximum atomic E-state index is 12.4. The van der Waals surface area contributed by atoms with E-state index in [-0.39, 0.29) is 5.91 Å². The largest absolute Gasteiger partial charge is 0.361 e. The minimum absolute atomic E-state index is 0.0107. The Labute approximate surface area is 119 Å². The molecule has 2 aromatic rings. The van der Waals surface area contributed by atoms with Gasteiger partial charge in [0, 0.05) is 18.1 Å². The molecule has 3 nitrogen and oxygen atoms in total. The van der Waals surface area contributed by atoms with Crippen molar-refractivity contribution in [2.45, 2.75) is 27.7 Å². The molecule has 1 heterocycles. The van der Waals surface area contributed by atoms with Crippen LogP contribution in [0.1, 0.15) is 38.1 Å². The maximum Gasteiger partial charge on any atom is 0.253 e. The molecule has 0 unspecified atom stereocenters. The van der Waals surface area contributed by atoms with Crippen LogP contribution in [0.3, 0.4) is 0 Å². The number of aromatic amines is 1. The van der Waals surface area contributed by atoms with Gasteiger partial charge in [0.1, 0.15) is 0 Å². The van der Waals surface area contributed by atoms with Crippen LogP contribution in [0.2, 0.25) is 0 Å². The first-order valence-corrected chi connectivity index (χ1v) is 7.20. The molecule has 0 bridgehead atoms. The summed E-state index contributed by atoms with van der Waals surface area (Å²) < 4.78 is 0. The van der Waals surface area contributed by atoms with Crippen LogP contribution in [0, 0.1) is 16.7 Å². The average molecular weight is 270 g/mol. The highest BCUT2D eigenvalue weighted by molar-refractivity contribution is 6.05.